The van der Waals surface area contributed by atoms with Crippen LogP contribution in [-0.4, -0.2) is 28.2 Å². The van der Waals surface area contributed by atoms with E-state index in [0.717, 1.165) is 0 Å². The highest BCUT2D eigenvalue weighted by Gasteiger charge is 2.26. The molecule has 0 radical (unpaired) electrons. The lowest BCUT2D eigenvalue weighted by Crippen LogP contribution is -2.47. The van der Waals surface area contributed by atoms with Gasteiger partial charge in [0, 0.05) is 5.25 Å². The van der Waals surface area contributed by atoms with Crippen molar-refractivity contribution in [1.29, 1.82) is 0 Å². The molecular weight excluding hydrogens is 150 g/mol. The summed E-state index contributed by atoms with van der Waals surface area (Å²) < 4.78 is 0. The molecule has 10 heavy (non-hydrogen) atoms. The molecule has 0 aromatic carbocycles. The molecule has 0 aromatic heterocycles. The number of aliphatic hydroxyl groups is 1. The predicted octanol–water partition coefficient (Wildman–Crippen LogP) is -0.0536. The molecule has 0 spiro atoms. The first kappa shape index (κ1) is 7.88. The van der Waals surface area contributed by atoms with Crippen LogP contribution in [0.4, 0.5) is 0 Å². The van der Waals surface area contributed by atoms with Crippen molar-refractivity contribution in [3.63, 3.8) is 0 Å². The van der Waals surface area contributed by atoms with Gasteiger partial charge >= 0.3 is 0 Å². The van der Waals surface area contributed by atoms with Gasteiger partial charge in [0.1, 0.15) is 0 Å². The third kappa shape index (κ3) is 1.88. The monoisotopic (exact) mass is 161 g/mol. The molecule has 0 saturated carbocycles. The highest BCUT2D eigenvalue weighted by molar-refractivity contribution is 8.00. The first-order valence-corrected chi connectivity index (χ1v) is 4.22. The molecule has 1 heterocycles. The molecule has 1 aliphatic rings. The largest absolute Gasteiger partial charge is 0.395 e. The lowest BCUT2D eigenvalue weighted by molar-refractivity contribution is -0.126. The third-order valence-electron chi connectivity index (χ3n) is 1.35. The van der Waals surface area contributed by atoms with Crippen LogP contribution in [-0.2, 0) is 4.79 Å². The van der Waals surface area contributed by atoms with E-state index in [-0.39, 0.29) is 23.1 Å². The van der Waals surface area contributed by atoms with E-state index in [1.54, 1.807) is 11.8 Å². The van der Waals surface area contributed by atoms with Crippen molar-refractivity contribution in [2.24, 2.45) is 0 Å². The van der Waals surface area contributed by atoms with Gasteiger partial charge in [-0.3, -0.25) is 4.79 Å². The standard InChI is InChI=1S/C6H11NO2S/c1-4(3-8)10-6-2-5(9)7-6/h4,6,8H,2-3H2,1H3,(H,7,9)/t4-,6-/m1/s1. The van der Waals surface area contributed by atoms with Crippen molar-refractivity contribution in [3.8, 4) is 0 Å². The van der Waals surface area contributed by atoms with Crippen LogP contribution < -0.4 is 5.32 Å². The average molecular weight is 161 g/mol. The van der Waals surface area contributed by atoms with Crippen molar-refractivity contribution < 1.29 is 9.90 Å². The number of β-lactam (4-membered cyclic amide) rings is 1. The molecule has 0 aromatic rings. The minimum absolute atomic E-state index is 0.114. The van der Waals surface area contributed by atoms with Gasteiger partial charge in [0.25, 0.3) is 0 Å². The van der Waals surface area contributed by atoms with Crippen LogP contribution in [0.3, 0.4) is 0 Å². The maximum Gasteiger partial charge on any atom is 0.223 e. The Labute approximate surface area is 64.2 Å². The number of carbonyl (C=O) groups is 1. The van der Waals surface area contributed by atoms with Crippen LogP contribution in [0.5, 0.6) is 0 Å². The number of hydrogen-bond acceptors (Lipinski definition) is 3. The first-order chi connectivity index (χ1) is 4.72. The van der Waals surface area contributed by atoms with Gasteiger partial charge in [0.05, 0.1) is 18.4 Å². The molecule has 1 fully saturated rings. The molecule has 0 unspecified atom stereocenters. The normalized spacial score (nSPS) is 27.0. The Hall–Kier alpha value is -0.220. The summed E-state index contributed by atoms with van der Waals surface area (Å²) >= 11 is 1.61. The molecular formula is C6H11NO2S. The fourth-order valence-corrected chi connectivity index (χ4v) is 1.83. The van der Waals surface area contributed by atoms with E-state index < -0.39 is 0 Å². The van der Waals surface area contributed by atoms with E-state index in [1.165, 1.54) is 0 Å². The quantitative estimate of drug-likeness (QED) is 0.570. The molecule has 1 saturated heterocycles. The summed E-state index contributed by atoms with van der Waals surface area (Å²) in [5, 5.41) is 11.8. The van der Waals surface area contributed by atoms with Crippen LogP contribution in [0.25, 0.3) is 0 Å². The van der Waals surface area contributed by atoms with Crippen molar-refractivity contribution in [1.82, 2.24) is 5.32 Å². The molecule has 0 aliphatic carbocycles. The van der Waals surface area contributed by atoms with Crippen molar-refractivity contribution in [2.45, 2.75) is 24.0 Å². The van der Waals surface area contributed by atoms with E-state index in [9.17, 15) is 4.79 Å². The molecule has 3 nitrogen and oxygen atoms in total. The van der Waals surface area contributed by atoms with E-state index >= 15 is 0 Å². The Bertz CT molecular complexity index is 132. The third-order valence-corrected chi connectivity index (χ3v) is 2.57. The van der Waals surface area contributed by atoms with Gasteiger partial charge in [-0.05, 0) is 0 Å². The molecule has 0 bridgehead atoms. The highest BCUT2D eigenvalue weighted by atomic mass is 32.2. The molecule has 1 aliphatic heterocycles. The fraction of sp³-hybridized carbons (Fsp3) is 0.833. The van der Waals surface area contributed by atoms with Gasteiger partial charge in [0.15, 0.2) is 0 Å². The Morgan fingerprint density at radius 1 is 2.00 bits per heavy atom. The van der Waals surface area contributed by atoms with Crippen LogP contribution in [0.2, 0.25) is 0 Å². The lowest BCUT2D eigenvalue weighted by atomic mass is 10.3. The number of aliphatic hydroxyl groups excluding tert-OH is 1. The average Bonchev–Trinajstić information content (AvgIpc) is 1.84. The van der Waals surface area contributed by atoms with Crippen LogP contribution in [0.1, 0.15) is 13.3 Å². The predicted molar refractivity (Wildman–Crippen MR) is 40.7 cm³/mol. The van der Waals surface area contributed by atoms with Gasteiger partial charge in [-0.25, -0.2) is 0 Å². The highest BCUT2D eigenvalue weighted by Crippen LogP contribution is 2.22. The van der Waals surface area contributed by atoms with E-state index in [1.807, 2.05) is 6.92 Å². The maximum absolute atomic E-state index is 10.4. The van der Waals surface area contributed by atoms with Gasteiger partial charge in [-0.1, -0.05) is 6.92 Å². The van der Waals surface area contributed by atoms with Crippen molar-refractivity contribution in [2.75, 3.05) is 6.61 Å². The van der Waals surface area contributed by atoms with Crippen LogP contribution in [0, 0.1) is 0 Å². The molecule has 4 heteroatoms. The molecule has 1 rings (SSSR count). The minimum Gasteiger partial charge on any atom is -0.395 e. The fourth-order valence-electron chi connectivity index (χ4n) is 0.732. The van der Waals surface area contributed by atoms with E-state index in [2.05, 4.69) is 5.32 Å². The molecule has 58 valence electrons. The van der Waals surface area contributed by atoms with Crippen molar-refractivity contribution in [3.05, 3.63) is 0 Å². The summed E-state index contributed by atoms with van der Waals surface area (Å²) in [5.74, 6) is 0.114. The summed E-state index contributed by atoms with van der Waals surface area (Å²) in [4.78, 5) is 10.4. The van der Waals surface area contributed by atoms with Crippen LogP contribution in [0.15, 0.2) is 0 Å². The van der Waals surface area contributed by atoms with Gasteiger partial charge in [-0.2, -0.15) is 0 Å². The second kappa shape index (κ2) is 3.25. The summed E-state index contributed by atoms with van der Waals surface area (Å²) in [6.45, 7) is 2.12. The number of nitrogens with one attached hydrogen (secondary N) is 1. The van der Waals surface area contributed by atoms with Crippen molar-refractivity contribution >= 4 is 17.7 Å². The Kier molecular flexibility index (Phi) is 2.56. The van der Waals surface area contributed by atoms with E-state index in [0.29, 0.717) is 6.42 Å². The topological polar surface area (TPSA) is 49.3 Å². The number of thioether (sulfide) groups is 1. The number of carbonyl (C=O) groups excluding carboxylic acids is 1. The zero-order valence-electron chi connectivity index (χ0n) is 5.83. The van der Waals surface area contributed by atoms with Gasteiger partial charge < -0.3 is 10.4 Å². The summed E-state index contributed by atoms with van der Waals surface area (Å²) in [6.07, 6.45) is 0.606. The summed E-state index contributed by atoms with van der Waals surface area (Å²) in [7, 11) is 0. The van der Waals surface area contributed by atoms with Gasteiger partial charge in [-0.15, -0.1) is 11.8 Å². The molecule has 1 amide bonds. The summed E-state index contributed by atoms with van der Waals surface area (Å²) in [5.41, 5.74) is 0. The zero-order chi connectivity index (χ0) is 7.56. The zero-order valence-corrected chi connectivity index (χ0v) is 6.65. The second-order valence-corrected chi connectivity index (χ2v) is 4.04. The SMILES string of the molecule is C[C@H](CO)S[C@@H]1CC(=O)N1. The lowest BCUT2D eigenvalue weighted by Gasteiger charge is -2.27. The Morgan fingerprint density at radius 2 is 2.60 bits per heavy atom. The van der Waals surface area contributed by atoms with E-state index in [4.69, 9.17) is 5.11 Å². The number of amides is 1. The summed E-state index contributed by atoms with van der Waals surface area (Å²) in [6, 6.07) is 0. The van der Waals surface area contributed by atoms with Gasteiger partial charge in [0.2, 0.25) is 5.91 Å². The number of rotatable bonds is 3. The maximum atomic E-state index is 10.4. The number of hydrogen-bond donors (Lipinski definition) is 2. The molecule has 2 atom stereocenters. The smallest absolute Gasteiger partial charge is 0.223 e. The Balaban J connectivity index is 2.10. The minimum atomic E-state index is 0.114. The Morgan fingerprint density at radius 3 is 3.00 bits per heavy atom. The van der Waals surface area contributed by atoms with Crippen LogP contribution >= 0.6 is 11.8 Å². The molecule has 2 N–H and O–H groups in total. The second-order valence-electron chi connectivity index (χ2n) is 2.39. The first-order valence-electron chi connectivity index (χ1n) is 3.28.